The molecule has 1 heterocycles. The zero-order valence-electron chi connectivity index (χ0n) is 6.66. The minimum absolute atomic E-state index is 0.0982. The Morgan fingerprint density at radius 2 is 2.50 bits per heavy atom. The van der Waals surface area contributed by atoms with Gasteiger partial charge in [-0.05, 0) is 6.42 Å². The van der Waals surface area contributed by atoms with Crippen molar-refractivity contribution in [2.75, 3.05) is 6.61 Å². The maximum absolute atomic E-state index is 9.20. The van der Waals surface area contributed by atoms with Gasteiger partial charge in [0, 0.05) is 11.8 Å². The van der Waals surface area contributed by atoms with Crippen LogP contribution in [-0.2, 0) is 4.74 Å². The van der Waals surface area contributed by atoms with Gasteiger partial charge < -0.3 is 15.6 Å². The Labute approximate surface area is 70.7 Å². The first kappa shape index (κ1) is 7.64. The van der Waals surface area contributed by atoms with Crippen LogP contribution in [0.1, 0.15) is 6.42 Å². The highest BCUT2D eigenvalue weighted by Crippen LogP contribution is 2.20. The van der Waals surface area contributed by atoms with Gasteiger partial charge in [-0.25, -0.2) is 0 Å². The Morgan fingerprint density at radius 1 is 1.67 bits per heavy atom. The molecule has 0 aromatic carbocycles. The van der Waals surface area contributed by atoms with Crippen LogP contribution in [0.3, 0.4) is 0 Å². The Bertz CT molecular complexity index is 247. The van der Waals surface area contributed by atoms with E-state index in [4.69, 9.17) is 10.5 Å². The molecule has 66 valence electrons. The highest BCUT2D eigenvalue weighted by Gasteiger charge is 2.26. The first-order valence-electron chi connectivity index (χ1n) is 4.00. The average Bonchev–Trinajstić information content (AvgIpc) is 2.05. The van der Waals surface area contributed by atoms with Crippen molar-refractivity contribution in [1.82, 2.24) is 5.32 Å². The molecule has 0 saturated carbocycles. The number of hydrogen-bond donors (Lipinski definition) is 3. The van der Waals surface area contributed by atoms with E-state index < -0.39 is 6.23 Å². The highest BCUT2D eigenvalue weighted by atomic mass is 16.5. The summed E-state index contributed by atoms with van der Waals surface area (Å²) in [4.78, 5) is 0. The minimum atomic E-state index is -0.556. The van der Waals surface area contributed by atoms with Crippen LogP contribution in [0.15, 0.2) is 23.6 Å². The van der Waals surface area contributed by atoms with Crippen LogP contribution in [0.5, 0.6) is 0 Å². The van der Waals surface area contributed by atoms with Crippen molar-refractivity contribution in [3.8, 4) is 0 Å². The number of rotatable bonds is 0. The van der Waals surface area contributed by atoms with Gasteiger partial charge in [-0.2, -0.15) is 0 Å². The molecule has 2 atom stereocenters. The lowest BCUT2D eigenvalue weighted by Crippen LogP contribution is -2.48. The number of fused-ring (bicyclic) bond motifs is 1. The van der Waals surface area contributed by atoms with Crippen LogP contribution in [0.25, 0.3) is 0 Å². The fraction of sp³-hybridized carbons (Fsp3) is 0.500. The summed E-state index contributed by atoms with van der Waals surface area (Å²) in [7, 11) is 0. The third-order valence-corrected chi connectivity index (χ3v) is 2.04. The van der Waals surface area contributed by atoms with E-state index in [1.807, 2.05) is 6.08 Å². The number of ether oxygens (including phenoxy) is 1. The molecule has 4 heteroatoms. The second-order valence-electron chi connectivity index (χ2n) is 3.03. The Hall–Kier alpha value is -1.00. The SMILES string of the molecule is NC1=CCC2N[C@@H](O)COC2=C1. The molecule has 1 aliphatic carbocycles. The molecule has 0 amide bonds. The summed E-state index contributed by atoms with van der Waals surface area (Å²) >= 11 is 0. The number of aliphatic hydroxyl groups is 1. The molecule has 0 radical (unpaired) electrons. The molecule has 4 N–H and O–H groups in total. The molecule has 2 aliphatic rings. The Morgan fingerprint density at radius 3 is 3.33 bits per heavy atom. The van der Waals surface area contributed by atoms with Crippen LogP contribution < -0.4 is 11.1 Å². The molecule has 1 unspecified atom stereocenters. The van der Waals surface area contributed by atoms with Crippen LogP contribution in [0.2, 0.25) is 0 Å². The van der Waals surface area contributed by atoms with Gasteiger partial charge in [-0.1, -0.05) is 6.08 Å². The van der Waals surface area contributed by atoms with Gasteiger partial charge in [-0.15, -0.1) is 0 Å². The summed E-state index contributed by atoms with van der Waals surface area (Å²) in [5, 5.41) is 12.2. The molecule has 1 fully saturated rings. The van der Waals surface area contributed by atoms with Crippen molar-refractivity contribution in [1.29, 1.82) is 0 Å². The fourth-order valence-electron chi connectivity index (χ4n) is 1.44. The van der Waals surface area contributed by atoms with Crippen molar-refractivity contribution in [3.63, 3.8) is 0 Å². The highest BCUT2D eigenvalue weighted by molar-refractivity contribution is 5.27. The van der Waals surface area contributed by atoms with Crippen molar-refractivity contribution in [2.24, 2.45) is 5.73 Å². The van der Waals surface area contributed by atoms with Crippen molar-refractivity contribution >= 4 is 0 Å². The standard InChI is InChI=1S/C8H12N2O2/c9-5-1-2-6-7(3-5)12-4-8(11)10-6/h1,3,6,8,10-11H,2,4,9H2/t6?,8-/m0/s1. The number of nitrogens with one attached hydrogen (secondary N) is 1. The summed E-state index contributed by atoms with van der Waals surface area (Å²) in [6, 6.07) is 0.0982. The topological polar surface area (TPSA) is 67.5 Å². The number of hydrogen-bond acceptors (Lipinski definition) is 4. The molecule has 0 aromatic rings. The predicted octanol–water partition coefficient (Wildman–Crippen LogP) is -0.577. The maximum Gasteiger partial charge on any atom is 0.139 e. The summed E-state index contributed by atoms with van der Waals surface area (Å²) in [5.41, 5.74) is 6.33. The summed E-state index contributed by atoms with van der Waals surface area (Å²) < 4.78 is 5.29. The van der Waals surface area contributed by atoms with Crippen LogP contribution in [0.4, 0.5) is 0 Å². The van der Waals surface area contributed by atoms with Crippen molar-refractivity contribution in [2.45, 2.75) is 18.7 Å². The van der Waals surface area contributed by atoms with E-state index in [0.29, 0.717) is 6.61 Å². The molecule has 1 saturated heterocycles. The average molecular weight is 168 g/mol. The van der Waals surface area contributed by atoms with Crippen molar-refractivity contribution < 1.29 is 9.84 Å². The van der Waals surface area contributed by atoms with Crippen molar-refractivity contribution in [3.05, 3.63) is 23.6 Å². The molecule has 1 aliphatic heterocycles. The molecule has 0 bridgehead atoms. The van der Waals surface area contributed by atoms with Gasteiger partial charge in [0.05, 0.1) is 6.04 Å². The van der Waals surface area contributed by atoms with E-state index in [0.717, 1.165) is 17.9 Å². The Kier molecular flexibility index (Phi) is 1.78. The van der Waals surface area contributed by atoms with Gasteiger partial charge >= 0.3 is 0 Å². The van der Waals surface area contributed by atoms with Crippen LogP contribution >= 0.6 is 0 Å². The summed E-state index contributed by atoms with van der Waals surface area (Å²) in [6.07, 6.45) is 3.95. The van der Waals surface area contributed by atoms with Gasteiger partial charge in [0.25, 0.3) is 0 Å². The molecule has 4 nitrogen and oxygen atoms in total. The molecule has 0 spiro atoms. The van der Waals surface area contributed by atoms with Gasteiger partial charge in [0.1, 0.15) is 18.6 Å². The molecular weight excluding hydrogens is 156 g/mol. The quantitative estimate of drug-likeness (QED) is 0.453. The summed E-state index contributed by atoms with van der Waals surface area (Å²) in [6.45, 7) is 0.301. The largest absolute Gasteiger partial charge is 0.492 e. The van der Waals surface area contributed by atoms with Gasteiger partial charge in [0.2, 0.25) is 0 Å². The lowest BCUT2D eigenvalue weighted by molar-refractivity contribution is -0.00135. The second-order valence-corrected chi connectivity index (χ2v) is 3.03. The van der Waals surface area contributed by atoms with Crippen LogP contribution in [-0.4, -0.2) is 24.0 Å². The fourth-order valence-corrected chi connectivity index (χ4v) is 1.44. The van der Waals surface area contributed by atoms with Gasteiger partial charge in [0.15, 0.2) is 0 Å². The number of morpholine rings is 1. The maximum atomic E-state index is 9.20. The molecule has 2 rings (SSSR count). The van der Waals surface area contributed by atoms with E-state index >= 15 is 0 Å². The smallest absolute Gasteiger partial charge is 0.139 e. The third-order valence-electron chi connectivity index (χ3n) is 2.04. The lowest BCUT2D eigenvalue weighted by Gasteiger charge is -2.32. The van der Waals surface area contributed by atoms with E-state index in [-0.39, 0.29) is 6.04 Å². The van der Waals surface area contributed by atoms with E-state index in [1.54, 1.807) is 6.08 Å². The normalized spacial score (nSPS) is 34.4. The summed E-state index contributed by atoms with van der Waals surface area (Å²) in [5.74, 6) is 0.834. The number of aliphatic hydroxyl groups excluding tert-OH is 1. The van der Waals surface area contributed by atoms with Gasteiger partial charge in [-0.3, -0.25) is 5.32 Å². The molecule has 12 heavy (non-hydrogen) atoms. The molecule has 0 aromatic heterocycles. The zero-order valence-corrected chi connectivity index (χ0v) is 6.66. The number of nitrogens with two attached hydrogens (primary N) is 1. The van der Waals surface area contributed by atoms with Crippen LogP contribution in [0, 0.1) is 0 Å². The van der Waals surface area contributed by atoms with E-state index in [1.165, 1.54) is 0 Å². The first-order chi connectivity index (χ1) is 5.75. The number of allylic oxidation sites excluding steroid dienone is 1. The van der Waals surface area contributed by atoms with E-state index in [9.17, 15) is 5.11 Å². The zero-order chi connectivity index (χ0) is 8.55. The third kappa shape index (κ3) is 1.31. The predicted molar refractivity (Wildman–Crippen MR) is 43.9 cm³/mol. The minimum Gasteiger partial charge on any atom is -0.492 e. The first-order valence-corrected chi connectivity index (χ1v) is 4.00. The van der Waals surface area contributed by atoms with E-state index in [2.05, 4.69) is 5.32 Å². The molecular formula is C8H12N2O2. The lowest BCUT2D eigenvalue weighted by atomic mass is 10.0. The second kappa shape index (κ2) is 2.80. The Balaban J connectivity index is 2.13. The monoisotopic (exact) mass is 168 g/mol.